The Morgan fingerprint density at radius 1 is 1.09 bits per heavy atom. The molecule has 1 amide bonds. The van der Waals surface area contributed by atoms with Crippen molar-refractivity contribution < 1.29 is 26.4 Å². The minimum atomic E-state index is -4.67. The van der Waals surface area contributed by atoms with Crippen molar-refractivity contribution in [2.75, 3.05) is 6.54 Å². The van der Waals surface area contributed by atoms with E-state index in [4.69, 9.17) is 11.5 Å². The highest BCUT2D eigenvalue weighted by Gasteiger charge is 2.35. The number of halogens is 3. The number of hydrogen-bond donors (Lipinski definition) is 3. The third kappa shape index (κ3) is 6.47. The minimum Gasteiger partial charge on any atom is -0.330 e. The third-order valence-electron chi connectivity index (χ3n) is 5.28. The largest absolute Gasteiger partial charge is 0.435 e. The van der Waals surface area contributed by atoms with E-state index in [1.54, 1.807) is 24.3 Å². The van der Waals surface area contributed by atoms with E-state index in [1.165, 1.54) is 24.3 Å². The molecule has 0 saturated heterocycles. The fourth-order valence-electron chi connectivity index (χ4n) is 3.32. The predicted octanol–water partition coefficient (Wildman–Crippen LogP) is 3.13. The maximum Gasteiger partial charge on any atom is 0.435 e. The number of nitrogens with two attached hydrogens (primary N) is 2. The van der Waals surface area contributed by atoms with Crippen LogP contribution in [-0.4, -0.2) is 36.7 Å². The Morgan fingerprint density at radius 3 is 2.29 bits per heavy atom. The lowest BCUT2D eigenvalue weighted by Crippen LogP contribution is -2.43. The molecule has 1 atom stereocenters. The van der Waals surface area contributed by atoms with Gasteiger partial charge in [-0.25, -0.2) is 17.8 Å². The summed E-state index contributed by atoms with van der Waals surface area (Å²) < 4.78 is 68.3. The number of benzene rings is 2. The molecule has 0 radical (unpaired) electrons. The van der Waals surface area contributed by atoms with Crippen LogP contribution in [0.1, 0.15) is 30.5 Å². The second kappa shape index (κ2) is 10.6. The first-order valence-corrected chi connectivity index (χ1v) is 12.3. The summed E-state index contributed by atoms with van der Waals surface area (Å²) in [6.07, 6.45) is -3.16. The van der Waals surface area contributed by atoms with Crippen LogP contribution in [0.25, 0.3) is 16.9 Å². The van der Waals surface area contributed by atoms with Gasteiger partial charge in [0.15, 0.2) is 5.69 Å². The van der Waals surface area contributed by atoms with Crippen molar-refractivity contribution in [3.8, 4) is 16.9 Å². The van der Waals surface area contributed by atoms with Crippen LogP contribution in [-0.2, 0) is 21.0 Å². The maximum atomic E-state index is 13.4. The van der Waals surface area contributed by atoms with Crippen LogP contribution in [0, 0.1) is 6.92 Å². The first kappa shape index (κ1) is 26.4. The van der Waals surface area contributed by atoms with Crippen molar-refractivity contribution in [1.29, 1.82) is 0 Å². The number of carbonyl (C=O) groups excluding carboxylic acids is 1. The van der Waals surface area contributed by atoms with Gasteiger partial charge in [-0.3, -0.25) is 4.79 Å². The molecule has 188 valence electrons. The summed E-state index contributed by atoms with van der Waals surface area (Å²) in [5.74, 6) is -0.852. The second-order valence-corrected chi connectivity index (χ2v) is 9.73. The van der Waals surface area contributed by atoms with E-state index < -0.39 is 33.8 Å². The molecule has 2 aromatic carbocycles. The number of carbonyl (C=O) groups is 1. The smallest absolute Gasteiger partial charge is 0.330 e. The number of nitrogens with one attached hydrogen (secondary N) is 1. The normalized spacial score (nSPS) is 13.0. The lowest BCUT2D eigenvalue weighted by molar-refractivity contribution is -0.141. The molecule has 0 aliphatic rings. The molecule has 0 bridgehead atoms. The Labute approximate surface area is 201 Å². The monoisotopic (exact) mass is 509 g/mol. The molecule has 35 heavy (non-hydrogen) atoms. The van der Waals surface area contributed by atoms with E-state index in [-0.39, 0.29) is 22.7 Å². The fourth-order valence-corrected chi connectivity index (χ4v) is 4.35. The predicted molar refractivity (Wildman–Crippen MR) is 125 cm³/mol. The van der Waals surface area contributed by atoms with E-state index in [9.17, 15) is 26.4 Å². The molecule has 0 saturated carbocycles. The maximum absolute atomic E-state index is 13.4. The highest BCUT2D eigenvalue weighted by Crippen LogP contribution is 2.33. The molecule has 3 aromatic rings. The van der Waals surface area contributed by atoms with Gasteiger partial charge in [0.05, 0.1) is 22.3 Å². The number of aryl methyl sites for hydroxylation is 1. The molecule has 0 aliphatic carbocycles. The number of unbranched alkanes of at least 4 members (excludes halogenated alkanes) is 1. The lowest BCUT2D eigenvalue weighted by Gasteiger charge is -2.13. The second-order valence-electron chi connectivity index (χ2n) is 8.05. The number of amides is 1. The molecule has 0 fully saturated rings. The van der Waals surface area contributed by atoms with E-state index >= 15 is 0 Å². The fraction of sp³-hybridized carbons (Fsp3) is 0.304. The summed E-state index contributed by atoms with van der Waals surface area (Å²) in [6, 6.07) is 11.8. The molecule has 1 unspecified atom stereocenters. The summed E-state index contributed by atoms with van der Waals surface area (Å²) in [5, 5.41) is 3.70. The van der Waals surface area contributed by atoms with Gasteiger partial charge in [-0.15, -0.1) is 0 Å². The topological polar surface area (TPSA) is 133 Å². The Balaban J connectivity index is 1.88. The zero-order valence-electron chi connectivity index (χ0n) is 18.9. The summed E-state index contributed by atoms with van der Waals surface area (Å²) >= 11 is 0. The highest BCUT2D eigenvalue weighted by atomic mass is 32.2. The van der Waals surface area contributed by atoms with Gasteiger partial charge in [0.1, 0.15) is 0 Å². The van der Waals surface area contributed by atoms with Crippen LogP contribution in [0.4, 0.5) is 13.2 Å². The van der Waals surface area contributed by atoms with E-state index in [0.29, 0.717) is 24.9 Å². The SMILES string of the molecule is Cc1ccc(-c2cc(C(F)(F)F)nn2-c2ccc(S(=O)(=O)NC(=O)C(N)CCCCN)cc2)cc1. The molecule has 0 spiro atoms. The number of alkyl halides is 3. The molecule has 12 heteroatoms. The molecule has 5 N–H and O–H groups in total. The van der Waals surface area contributed by atoms with Gasteiger partial charge in [-0.2, -0.15) is 18.3 Å². The zero-order chi connectivity index (χ0) is 25.8. The van der Waals surface area contributed by atoms with Crippen LogP contribution >= 0.6 is 0 Å². The van der Waals surface area contributed by atoms with Crippen LogP contribution in [0.3, 0.4) is 0 Å². The van der Waals surface area contributed by atoms with Crippen molar-refractivity contribution in [1.82, 2.24) is 14.5 Å². The molecule has 3 rings (SSSR count). The van der Waals surface area contributed by atoms with Crippen LogP contribution in [0.15, 0.2) is 59.5 Å². The molecular weight excluding hydrogens is 483 g/mol. The summed E-state index contributed by atoms with van der Waals surface area (Å²) in [5.41, 5.74) is 11.9. The van der Waals surface area contributed by atoms with Gasteiger partial charge in [-0.05, 0) is 56.6 Å². The van der Waals surface area contributed by atoms with E-state index in [1.807, 2.05) is 11.6 Å². The van der Waals surface area contributed by atoms with Gasteiger partial charge in [0.25, 0.3) is 15.9 Å². The van der Waals surface area contributed by atoms with Crippen molar-refractivity contribution in [2.24, 2.45) is 11.5 Å². The molecule has 8 nitrogen and oxygen atoms in total. The summed E-state index contributed by atoms with van der Waals surface area (Å²) in [4.78, 5) is 11.9. The summed E-state index contributed by atoms with van der Waals surface area (Å²) in [7, 11) is -4.23. The average Bonchev–Trinajstić information content (AvgIpc) is 3.25. The van der Waals surface area contributed by atoms with Gasteiger partial charge in [0, 0.05) is 5.56 Å². The van der Waals surface area contributed by atoms with Gasteiger partial charge in [-0.1, -0.05) is 36.2 Å². The number of hydrogen-bond acceptors (Lipinski definition) is 6. The molecule has 0 aliphatic heterocycles. The number of nitrogens with zero attached hydrogens (tertiary/aromatic N) is 2. The lowest BCUT2D eigenvalue weighted by atomic mass is 10.1. The number of sulfonamides is 1. The Morgan fingerprint density at radius 2 is 1.71 bits per heavy atom. The van der Waals surface area contributed by atoms with Crippen molar-refractivity contribution >= 4 is 15.9 Å². The first-order chi connectivity index (χ1) is 16.4. The van der Waals surface area contributed by atoms with Crippen molar-refractivity contribution in [2.45, 2.75) is 43.3 Å². The minimum absolute atomic E-state index is 0.185. The third-order valence-corrected chi connectivity index (χ3v) is 6.64. The average molecular weight is 510 g/mol. The number of rotatable bonds is 9. The molecule has 1 heterocycles. The number of aromatic nitrogens is 2. The Hall–Kier alpha value is -3.22. The van der Waals surface area contributed by atoms with Crippen LogP contribution in [0.5, 0.6) is 0 Å². The summed E-state index contributed by atoms with van der Waals surface area (Å²) in [6.45, 7) is 2.29. The van der Waals surface area contributed by atoms with Gasteiger partial charge in [0.2, 0.25) is 0 Å². The standard InChI is InChI=1S/C23H26F3N5O3S/c1-15-5-7-16(8-6-15)20-14-21(23(24,25)26)29-31(20)17-9-11-18(12-10-17)35(33,34)30-22(32)19(28)4-2-3-13-27/h5-12,14,19H,2-4,13,27-28H2,1H3,(H,30,32). The Bertz CT molecular complexity index is 1270. The quantitative estimate of drug-likeness (QED) is 0.380. The van der Waals surface area contributed by atoms with Crippen molar-refractivity contribution in [3.05, 3.63) is 65.9 Å². The first-order valence-electron chi connectivity index (χ1n) is 10.8. The van der Waals surface area contributed by atoms with Crippen LogP contribution < -0.4 is 16.2 Å². The molecular formula is C23H26F3N5O3S. The Kier molecular flexibility index (Phi) is 7.98. The van der Waals surface area contributed by atoms with Gasteiger partial charge < -0.3 is 11.5 Å². The van der Waals surface area contributed by atoms with Crippen molar-refractivity contribution in [3.63, 3.8) is 0 Å². The van der Waals surface area contributed by atoms with E-state index in [0.717, 1.165) is 16.3 Å². The van der Waals surface area contributed by atoms with E-state index in [2.05, 4.69) is 5.10 Å². The molecule has 1 aromatic heterocycles. The van der Waals surface area contributed by atoms with Crippen LogP contribution in [0.2, 0.25) is 0 Å². The van der Waals surface area contributed by atoms with Gasteiger partial charge >= 0.3 is 6.18 Å². The highest BCUT2D eigenvalue weighted by molar-refractivity contribution is 7.90. The zero-order valence-corrected chi connectivity index (χ0v) is 19.7.